The van der Waals surface area contributed by atoms with E-state index in [9.17, 15) is 13.2 Å². The van der Waals surface area contributed by atoms with E-state index in [1.165, 1.54) is 12.5 Å². The van der Waals surface area contributed by atoms with Crippen LogP contribution >= 0.6 is 0 Å². The van der Waals surface area contributed by atoms with Crippen LogP contribution in [-0.4, -0.2) is 16.2 Å². The smallest absolute Gasteiger partial charge is 0.366 e. The van der Waals surface area contributed by atoms with Crippen LogP contribution in [0.4, 0.5) is 19.0 Å². The molecule has 0 saturated heterocycles. The summed E-state index contributed by atoms with van der Waals surface area (Å²) in [6.07, 6.45) is 1.22. The Morgan fingerprint density at radius 2 is 1.76 bits per heavy atom. The zero-order valence-electron chi connectivity index (χ0n) is 9.30. The summed E-state index contributed by atoms with van der Waals surface area (Å²) >= 11 is 0. The van der Waals surface area contributed by atoms with Crippen molar-refractivity contribution >= 4 is 5.82 Å². The molecule has 0 aliphatic heterocycles. The van der Waals surface area contributed by atoms with Gasteiger partial charge in [-0.3, -0.25) is 0 Å². The first-order chi connectivity index (χ1) is 8.05. The maximum absolute atomic E-state index is 12.3. The molecule has 1 aliphatic rings. The molecule has 0 unspecified atom stereocenters. The van der Waals surface area contributed by atoms with Gasteiger partial charge in [-0.25, -0.2) is 0 Å². The highest BCUT2D eigenvalue weighted by atomic mass is 19.4. The van der Waals surface area contributed by atoms with Crippen molar-refractivity contribution in [3.05, 3.63) is 17.8 Å². The third-order valence-corrected chi connectivity index (χ3v) is 2.91. The van der Waals surface area contributed by atoms with E-state index >= 15 is 0 Å². The molecule has 1 heterocycles. The largest absolute Gasteiger partial charge is 0.435 e. The van der Waals surface area contributed by atoms with E-state index in [1.54, 1.807) is 0 Å². The fourth-order valence-electron chi connectivity index (χ4n) is 2.02. The van der Waals surface area contributed by atoms with Crippen LogP contribution in [0.2, 0.25) is 0 Å². The number of hydrogen-bond donors (Lipinski definition) is 1. The molecule has 0 bridgehead atoms. The molecule has 1 aromatic rings. The number of anilines is 1. The normalized spacial score (nSPS) is 18.1. The van der Waals surface area contributed by atoms with E-state index in [-0.39, 0.29) is 0 Å². The zero-order valence-corrected chi connectivity index (χ0v) is 9.30. The molecule has 6 heteroatoms. The van der Waals surface area contributed by atoms with Crippen LogP contribution < -0.4 is 5.32 Å². The summed E-state index contributed by atoms with van der Waals surface area (Å²) in [4.78, 5) is 0. The Kier molecular flexibility index (Phi) is 3.49. The summed E-state index contributed by atoms with van der Waals surface area (Å²) in [5.41, 5.74) is -0.952. The fourth-order valence-corrected chi connectivity index (χ4v) is 2.02. The van der Waals surface area contributed by atoms with Crippen LogP contribution in [0, 0.1) is 0 Å². The van der Waals surface area contributed by atoms with Gasteiger partial charge in [0, 0.05) is 6.04 Å². The van der Waals surface area contributed by atoms with E-state index in [4.69, 9.17) is 0 Å². The molecule has 1 aliphatic carbocycles. The van der Waals surface area contributed by atoms with E-state index in [2.05, 4.69) is 15.5 Å². The van der Waals surface area contributed by atoms with E-state index in [1.807, 2.05) is 0 Å². The first-order valence-corrected chi connectivity index (χ1v) is 5.73. The summed E-state index contributed by atoms with van der Waals surface area (Å²) in [7, 11) is 0. The molecule has 1 saturated carbocycles. The first kappa shape index (κ1) is 12.1. The summed E-state index contributed by atoms with van der Waals surface area (Å²) in [6.45, 7) is 0. The van der Waals surface area contributed by atoms with Crippen molar-refractivity contribution < 1.29 is 13.2 Å². The molecule has 94 valence electrons. The average Bonchev–Trinajstić information content (AvgIpc) is 2.30. The molecule has 2 rings (SSSR count). The van der Waals surface area contributed by atoms with Gasteiger partial charge in [-0.05, 0) is 25.0 Å². The van der Waals surface area contributed by atoms with Gasteiger partial charge in [0.25, 0.3) is 0 Å². The highest BCUT2D eigenvalue weighted by molar-refractivity contribution is 5.34. The lowest BCUT2D eigenvalue weighted by Gasteiger charge is -2.22. The monoisotopic (exact) mass is 245 g/mol. The lowest BCUT2D eigenvalue weighted by molar-refractivity contribution is -0.141. The summed E-state index contributed by atoms with van der Waals surface area (Å²) < 4.78 is 36.8. The van der Waals surface area contributed by atoms with Gasteiger partial charge < -0.3 is 5.32 Å². The van der Waals surface area contributed by atoms with Crippen molar-refractivity contribution in [2.45, 2.75) is 44.3 Å². The van der Waals surface area contributed by atoms with E-state index in [0.717, 1.165) is 31.7 Å². The van der Waals surface area contributed by atoms with Gasteiger partial charge in [-0.15, -0.1) is 10.2 Å². The number of rotatable bonds is 2. The Morgan fingerprint density at radius 3 is 2.29 bits per heavy atom. The second kappa shape index (κ2) is 4.89. The Morgan fingerprint density at radius 1 is 1.06 bits per heavy atom. The van der Waals surface area contributed by atoms with Crippen molar-refractivity contribution in [2.24, 2.45) is 0 Å². The molecule has 0 aromatic carbocycles. The molecule has 1 aromatic heterocycles. The number of nitrogens with one attached hydrogen (secondary N) is 1. The standard InChI is InChI=1S/C11H14F3N3/c12-11(13,14)9-6-7-10(17-16-9)15-8-4-2-1-3-5-8/h6-8H,1-5H2,(H,15,17). The molecular weight excluding hydrogens is 231 g/mol. The molecule has 17 heavy (non-hydrogen) atoms. The molecule has 0 spiro atoms. The van der Waals surface area contributed by atoms with Crippen molar-refractivity contribution in [3.63, 3.8) is 0 Å². The van der Waals surface area contributed by atoms with Crippen molar-refractivity contribution in [2.75, 3.05) is 5.32 Å². The van der Waals surface area contributed by atoms with Crippen LogP contribution in [0.5, 0.6) is 0 Å². The van der Waals surface area contributed by atoms with Gasteiger partial charge in [-0.1, -0.05) is 19.3 Å². The highest BCUT2D eigenvalue weighted by Gasteiger charge is 2.32. The van der Waals surface area contributed by atoms with Crippen LogP contribution in [0.3, 0.4) is 0 Å². The number of halogens is 3. The second-order valence-electron chi connectivity index (χ2n) is 4.28. The van der Waals surface area contributed by atoms with E-state index in [0.29, 0.717) is 11.9 Å². The number of alkyl halides is 3. The predicted molar refractivity (Wildman–Crippen MR) is 57.5 cm³/mol. The van der Waals surface area contributed by atoms with Gasteiger partial charge in [0.15, 0.2) is 5.69 Å². The highest BCUT2D eigenvalue weighted by Crippen LogP contribution is 2.27. The molecule has 3 nitrogen and oxygen atoms in total. The van der Waals surface area contributed by atoms with Crippen LogP contribution in [0.25, 0.3) is 0 Å². The minimum atomic E-state index is -4.42. The van der Waals surface area contributed by atoms with E-state index < -0.39 is 11.9 Å². The third-order valence-electron chi connectivity index (χ3n) is 2.91. The summed E-state index contributed by atoms with van der Waals surface area (Å²) in [5, 5.41) is 9.85. The fraction of sp³-hybridized carbons (Fsp3) is 0.636. The third kappa shape index (κ3) is 3.31. The molecule has 0 atom stereocenters. The minimum Gasteiger partial charge on any atom is -0.366 e. The van der Waals surface area contributed by atoms with Gasteiger partial charge >= 0.3 is 6.18 Å². The molecule has 0 radical (unpaired) electrons. The predicted octanol–water partition coefficient (Wildman–Crippen LogP) is 3.24. The summed E-state index contributed by atoms with van der Waals surface area (Å²) in [6, 6.07) is 2.61. The Labute approximate surface area is 97.4 Å². The molecule has 1 fully saturated rings. The average molecular weight is 245 g/mol. The molecule has 0 amide bonds. The minimum absolute atomic E-state index is 0.315. The molecule has 1 N–H and O–H groups in total. The van der Waals surface area contributed by atoms with Crippen LogP contribution in [0.15, 0.2) is 12.1 Å². The van der Waals surface area contributed by atoms with Crippen molar-refractivity contribution in [1.29, 1.82) is 0 Å². The first-order valence-electron chi connectivity index (χ1n) is 5.73. The number of aromatic nitrogens is 2. The zero-order chi connectivity index (χ0) is 12.3. The lowest BCUT2D eigenvalue weighted by atomic mass is 9.95. The summed E-state index contributed by atoms with van der Waals surface area (Å²) in [5.74, 6) is 0.421. The Bertz CT molecular complexity index is 355. The topological polar surface area (TPSA) is 37.8 Å². The molecular formula is C11H14F3N3. The van der Waals surface area contributed by atoms with Gasteiger partial charge in [0.1, 0.15) is 5.82 Å². The Balaban J connectivity index is 1.98. The Hall–Kier alpha value is -1.33. The lowest BCUT2D eigenvalue weighted by Crippen LogP contribution is -2.23. The van der Waals surface area contributed by atoms with Crippen LogP contribution in [-0.2, 0) is 6.18 Å². The van der Waals surface area contributed by atoms with Gasteiger partial charge in [0.05, 0.1) is 0 Å². The van der Waals surface area contributed by atoms with Crippen molar-refractivity contribution in [1.82, 2.24) is 10.2 Å². The maximum atomic E-state index is 12.3. The van der Waals surface area contributed by atoms with Crippen LogP contribution in [0.1, 0.15) is 37.8 Å². The quantitative estimate of drug-likeness (QED) is 0.869. The second-order valence-corrected chi connectivity index (χ2v) is 4.28. The number of nitrogens with zero attached hydrogens (tertiary/aromatic N) is 2. The maximum Gasteiger partial charge on any atom is 0.435 e. The van der Waals surface area contributed by atoms with Gasteiger partial charge in [0.2, 0.25) is 0 Å². The van der Waals surface area contributed by atoms with Crippen molar-refractivity contribution in [3.8, 4) is 0 Å². The van der Waals surface area contributed by atoms with Gasteiger partial charge in [-0.2, -0.15) is 13.2 Å². The number of hydrogen-bond acceptors (Lipinski definition) is 3. The SMILES string of the molecule is FC(F)(F)c1ccc(NC2CCCCC2)nn1.